The Morgan fingerprint density at radius 2 is 0.617 bits per heavy atom. The van der Waals surface area contributed by atoms with Crippen molar-refractivity contribution in [2.75, 3.05) is 58.9 Å². The predicted octanol–water partition coefficient (Wildman–Crippen LogP) is -3.91. The summed E-state index contributed by atoms with van der Waals surface area (Å²) in [6.45, 7) is 10.6. The lowest BCUT2D eigenvalue weighted by Gasteiger charge is -2.34. The van der Waals surface area contributed by atoms with Crippen LogP contribution in [0.3, 0.4) is 0 Å². The van der Waals surface area contributed by atoms with Crippen LogP contribution >= 0.6 is 0 Å². The summed E-state index contributed by atoms with van der Waals surface area (Å²) in [7, 11) is 0. The van der Waals surface area contributed by atoms with Gasteiger partial charge in [0.2, 0.25) is 82.7 Å². The van der Waals surface area contributed by atoms with Crippen molar-refractivity contribution in [3.8, 4) is 0 Å². The number of unbranched alkanes of at least 4 members (excludes halogenated alkanes) is 1. The van der Waals surface area contributed by atoms with E-state index in [4.69, 9.17) is 72.6 Å². The SMILES string of the molecule is CC[C@H](C)[C@@H]1NC(=O)[C@H](CCCNC(=N)N)NC(=O)[C@H](Cc2c[nH]c3ccccc23)NC(=O)[C@@H]2CCCN2C(=O)[C@H]2CCCN2C(=O)[C@H](CCCNC(=N)N)NC(=O)[C@H](CCCNC(=N)N)NC(=O)[C@H](CC(C)C)NC(=O)[C@H](CCCNC(=N)N)NC(=O)[C@H](CCCCN)NC(=O)[C@H](Cc2c[nH]c3ccccc23)NC(=O)[C@@H](CCCNC(=N)N)NC(=O)[C@H]([C@@H](C)CC)NC(=O)[C@H](CCCNC(=N)N)NC1=O. The van der Waals surface area contributed by atoms with Crippen LogP contribution in [0.2, 0.25) is 0 Å². The standard InChI is InChI=1S/C92H151N35O14/c1-7-51(5)71-83(138)118-62(30-17-39-108-89(98)99)76(131)122-67(46-53-48-112-57-25-11-9-23-55(53)57)80(135)115-59(27-13-14-36-93)73(128)114-61(29-16-38-107-88(96)97)75(130)121-66(45-50(3)4)79(134)116-60(28-15-37-106-87(94)95)74(129)120-65(33-20-42-111-92(104)105)85(140)127-44-22-35-70(127)86(141)126-43-21-34-69(126)82(137)123-68(47-54-49-113-58-26-12-10-24-56(54)58)81(136)117-63(31-18-40-109-90(100)101)77(132)124-72(52(6)8-2)84(139)119-64(78(133)125-71)32-19-41-110-91(102)103/h9-12,23-26,48-52,59-72,112-113H,7-8,13-22,27-47,93H2,1-6H3,(H,114,128)(H,115,135)(H,116,134)(H,117,136)(H,118,138)(H,119,139)(H,120,129)(H,121,130)(H,122,131)(H,123,137)(H,124,132)(H,125,133)(H4,94,95,106)(H4,96,97,107)(H4,98,99,108)(H4,100,101,109)(H4,102,103,110)(H4,104,105,111)/t51-,52-,59-,60-,61-,62+,63-,64-,65-,66-,67-,68-,69-,70+,71-,72-/m0/s1. The van der Waals surface area contributed by atoms with E-state index < -0.39 is 215 Å². The topological polar surface area (TPSA) is 819 Å². The fraction of sp³-hybridized carbons (Fsp3) is 0.609. The minimum absolute atomic E-state index is 0.00424. The van der Waals surface area contributed by atoms with Gasteiger partial charge in [0.15, 0.2) is 35.8 Å². The number of guanidine groups is 6. The lowest BCUT2D eigenvalue weighted by molar-refractivity contribution is -0.148. The molecule has 0 radical (unpaired) electrons. The molecule has 0 unspecified atom stereocenters. The molecule has 778 valence electrons. The second-order valence-electron chi connectivity index (χ2n) is 36.7. The molecule has 3 aliphatic heterocycles. The molecule has 141 heavy (non-hydrogen) atoms. The number of nitrogens with one attached hydrogen (secondary N) is 26. The Labute approximate surface area is 820 Å². The average Bonchev–Trinajstić information content (AvgIpc) is 1.67. The molecule has 49 nitrogen and oxygen atoms in total. The lowest BCUT2D eigenvalue weighted by atomic mass is 9.95. The van der Waals surface area contributed by atoms with Gasteiger partial charge in [0.25, 0.3) is 0 Å². The third-order valence-electron chi connectivity index (χ3n) is 25.3. The number of aromatic nitrogens is 2. The van der Waals surface area contributed by atoms with E-state index in [-0.39, 0.29) is 212 Å². The number of carbonyl (C=O) groups excluding carboxylic acids is 14. The van der Waals surface area contributed by atoms with Gasteiger partial charge in [-0.1, -0.05) is 90.8 Å². The first-order valence-corrected chi connectivity index (χ1v) is 48.8. The van der Waals surface area contributed by atoms with Crippen LogP contribution in [-0.2, 0) is 80.0 Å². The van der Waals surface area contributed by atoms with Crippen LogP contribution in [0.4, 0.5) is 0 Å². The van der Waals surface area contributed by atoms with Gasteiger partial charge in [0.05, 0.1) is 0 Å². The molecule has 0 bridgehead atoms. The zero-order valence-corrected chi connectivity index (χ0v) is 81.6. The van der Waals surface area contributed by atoms with E-state index in [0.29, 0.717) is 39.4 Å². The summed E-state index contributed by atoms with van der Waals surface area (Å²) in [5.74, 6) is -16.4. The molecule has 2 aromatic heterocycles. The van der Waals surface area contributed by atoms with Crippen LogP contribution < -0.4 is 136 Å². The van der Waals surface area contributed by atoms with Crippen molar-refractivity contribution < 1.29 is 67.1 Å². The maximum atomic E-state index is 15.6. The van der Waals surface area contributed by atoms with Crippen LogP contribution in [0.5, 0.6) is 0 Å². The Kier molecular flexibility index (Phi) is 46.7. The Hall–Kier alpha value is -14.3. The summed E-state index contributed by atoms with van der Waals surface area (Å²) in [4.78, 5) is 225. The average molecular weight is 1970 g/mol. The van der Waals surface area contributed by atoms with Crippen LogP contribution in [0.25, 0.3) is 21.8 Å². The Morgan fingerprint density at radius 1 is 0.340 bits per heavy atom. The lowest BCUT2D eigenvalue weighted by Crippen LogP contribution is -2.62. The number of benzene rings is 2. The number of aromatic amines is 2. The van der Waals surface area contributed by atoms with Gasteiger partial charge in [-0.25, -0.2) is 0 Å². The number of para-hydroxylation sites is 2. The monoisotopic (exact) mass is 1970 g/mol. The predicted molar refractivity (Wildman–Crippen MR) is 533 cm³/mol. The molecule has 49 heteroatoms. The first kappa shape index (κ1) is 114. The summed E-state index contributed by atoms with van der Waals surface area (Å²) in [6, 6.07) is -6.35. The van der Waals surface area contributed by atoms with Crippen molar-refractivity contribution in [1.29, 1.82) is 32.5 Å². The fourth-order valence-electron chi connectivity index (χ4n) is 17.3. The fourth-order valence-corrected chi connectivity index (χ4v) is 17.3. The zero-order valence-electron chi connectivity index (χ0n) is 81.6. The van der Waals surface area contributed by atoms with Gasteiger partial charge < -0.3 is 156 Å². The van der Waals surface area contributed by atoms with Gasteiger partial charge in [0, 0.05) is 99.4 Å². The van der Waals surface area contributed by atoms with E-state index in [1.165, 1.54) is 9.80 Å². The number of H-pyrrole nitrogens is 2. The summed E-state index contributed by atoms with van der Waals surface area (Å²) in [5, 5.41) is 98.7. The van der Waals surface area contributed by atoms with E-state index in [1.54, 1.807) is 102 Å². The van der Waals surface area contributed by atoms with Crippen molar-refractivity contribution in [1.82, 2.24) is 115 Å². The van der Waals surface area contributed by atoms with Gasteiger partial charge in [0.1, 0.15) is 84.6 Å². The van der Waals surface area contributed by atoms with Crippen molar-refractivity contribution in [3.05, 3.63) is 72.1 Å². The van der Waals surface area contributed by atoms with Crippen LogP contribution in [-0.4, -0.2) is 282 Å². The molecule has 3 fully saturated rings. The van der Waals surface area contributed by atoms with Crippen molar-refractivity contribution in [2.24, 2.45) is 57.9 Å². The summed E-state index contributed by atoms with van der Waals surface area (Å²) < 4.78 is 0. The molecule has 14 amide bonds. The Bertz CT molecular complexity index is 4970. The van der Waals surface area contributed by atoms with E-state index in [2.05, 4.69) is 106 Å². The number of hydrogen-bond acceptors (Lipinski definition) is 21. The number of rotatable bonds is 38. The van der Waals surface area contributed by atoms with Crippen molar-refractivity contribution >= 4 is 140 Å². The zero-order chi connectivity index (χ0) is 104. The number of hydrogen-bond donors (Lipinski definition) is 33. The van der Waals surface area contributed by atoms with E-state index >= 15 is 67.1 Å². The number of amides is 14. The third kappa shape index (κ3) is 36.8. The number of carbonyl (C=O) groups is 14. The van der Waals surface area contributed by atoms with E-state index in [9.17, 15) is 0 Å². The molecule has 0 saturated carbocycles. The quantitative estimate of drug-likeness (QED) is 0.0116. The highest BCUT2D eigenvalue weighted by Crippen LogP contribution is 2.29. The largest absolute Gasteiger partial charge is 0.370 e. The highest BCUT2D eigenvalue weighted by atomic mass is 16.2. The molecule has 4 aromatic rings. The van der Waals surface area contributed by atoms with Crippen LogP contribution in [0.1, 0.15) is 194 Å². The van der Waals surface area contributed by atoms with Crippen LogP contribution in [0.15, 0.2) is 60.9 Å². The maximum Gasteiger partial charge on any atom is 0.246 e. The normalized spacial score (nSPS) is 23.5. The molecule has 2 aromatic carbocycles. The first-order chi connectivity index (χ1) is 67.2. The Morgan fingerprint density at radius 3 is 0.957 bits per heavy atom. The highest BCUT2D eigenvalue weighted by molar-refractivity contribution is 6.02. The van der Waals surface area contributed by atoms with Crippen molar-refractivity contribution in [2.45, 2.75) is 280 Å². The number of nitrogens with two attached hydrogens (primary N) is 7. The summed E-state index contributed by atoms with van der Waals surface area (Å²) >= 11 is 0. The molecule has 0 aliphatic carbocycles. The molecule has 40 N–H and O–H groups in total. The molecule has 3 saturated heterocycles. The van der Waals surface area contributed by atoms with Gasteiger partial charge in [-0.05, 0) is 176 Å². The number of fused-ring (bicyclic) bond motifs is 4. The minimum atomic E-state index is -1.59. The first-order valence-electron chi connectivity index (χ1n) is 48.8. The minimum Gasteiger partial charge on any atom is -0.370 e. The van der Waals surface area contributed by atoms with Gasteiger partial charge in [-0.15, -0.1) is 0 Å². The molecule has 3 aliphatic rings. The van der Waals surface area contributed by atoms with Gasteiger partial charge in [-0.3, -0.25) is 99.6 Å². The second-order valence-corrected chi connectivity index (χ2v) is 36.7. The van der Waals surface area contributed by atoms with Crippen molar-refractivity contribution in [3.63, 3.8) is 0 Å². The highest BCUT2D eigenvalue weighted by Gasteiger charge is 2.46. The number of nitrogens with zero attached hydrogens (tertiary/aromatic N) is 2. The van der Waals surface area contributed by atoms with E-state index in [0.717, 1.165) is 0 Å². The molecule has 16 atom stereocenters. The second kappa shape index (κ2) is 57.9. The molecular weight excluding hydrogens is 1820 g/mol. The Balaban J connectivity index is 1.39. The molecule has 5 heterocycles. The molecular formula is C92H151N35O14. The smallest absolute Gasteiger partial charge is 0.246 e. The molecule has 0 spiro atoms. The third-order valence-corrected chi connectivity index (χ3v) is 25.3. The summed E-state index contributed by atoms with van der Waals surface area (Å²) in [6.07, 6.45) is 3.74. The maximum absolute atomic E-state index is 15.6. The van der Waals surface area contributed by atoms with Gasteiger partial charge >= 0.3 is 0 Å². The van der Waals surface area contributed by atoms with E-state index in [1.807, 2.05) is 0 Å². The molecule has 7 rings (SSSR count). The van der Waals surface area contributed by atoms with Gasteiger partial charge in [-0.2, -0.15) is 0 Å². The summed E-state index contributed by atoms with van der Waals surface area (Å²) in [5.41, 5.74) is 42.6. The van der Waals surface area contributed by atoms with Crippen LogP contribution in [0, 0.1) is 50.2 Å².